The van der Waals surface area contributed by atoms with Crippen molar-refractivity contribution in [2.45, 2.75) is 50.0 Å². The van der Waals surface area contributed by atoms with Crippen molar-refractivity contribution in [1.29, 1.82) is 0 Å². The van der Waals surface area contributed by atoms with Crippen LogP contribution in [0.1, 0.15) is 54.8 Å². The van der Waals surface area contributed by atoms with Crippen molar-refractivity contribution in [3.8, 4) is 0 Å². The predicted octanol–water partition coefficient (Wildman–Crippen LogP) is 5.63. The minimum Gasteiger partial charge on any atom is -0.396 e. The van der Waals surface area contributed by atoms with E-state index in [1.807, 2.05) is 0 Å². The Morgan fingerprint density at radius 2 is 1.66 bits per heavy atom. The SMILES string of the molecule is CN(C)C1(c2ccccc2)CCC(c2[nH]c3ccccc3c2CCCO)CC1.Cl. The number of rotatable bonds is 6. The summed E-state index contributed by atoms with van der Waals surface area (Å²) in [5, 5.41) is 10.7. The number of para-hydroxylation sites is 1. The number of H-pyrrole nitrogens is 1. The second-order valence-corrected chi connectivity index (χ2v) is 8.46. The number of aliphatic hydroxyl groups is 1. The van der Waals surface area contributed by atoms with Crippen molar-refractivity contribution in [3.05, 3.63) is 71.4 Å². The summed E-state index contributed by atoms with van der Waals surface area (Å²) in [6, 6.07) is 19.6. The number of aromatic amines is 1. The number of hydrogen-bond acceptors (Lipinski definition) is 2. The molecule has 4 heteroatoms. The Bertz CT molecular complexity index is 911. The fourth-order valence-corrected chi connectivity index (χ4v) is 5.22. The summed E-state index contributed by atoms with van der Waals surface area (Å²) >= 11 is 0. The third-order valence-electron chi connectivity index (χ3n) is 6.82. The van der Waals surface area contributed by atoms with Crippen molar-refractivity contribution in [2.24, 2.45) is 0 Å². The van der Waals surface area contributed by atoms with Gasteiger partial charge in [0, 0.05) is 28.7 Å². The monoisotopic (exact) mass is 412 g/mol. The van der Waals surface area contributed by atoms with Gasteiger partial charge in [0.1, 0.15) is 0 Å². The van der Waals surface area contributed by atoms with Crippen molar-refractivity contribution in [2.75, 3.05) is 20.7 Å². The number of hydrogen-bond donors (Lipinski definition) is 2. The van der Waals surface area contributed by atoms with Gasteiger partial charge in [0.25, 0.3) is 0 Å². The van der Waals surface area contributed by atoms with E-state index in [1.165, 1.54) is 53.4 Å². The van der Waals surface area contributed by atoms with Gasteiger partial charge in [0.15, 0.2) is 0 Å². The molecule has 0 amide bonds. The van der Waals surface area contributed by atoms with E-state index in [4.69, 9.17) is 0 Å². The van der Waals surface area contributed by atoms with Gasteiger partial charge in [0.2, 0.25) is 0 Å². The molecule has 0 saturated heterocycles. The molecule has 0 aliphatic heterocycles. The molecule has 0 atom stereocenters. The van der Waals surface area contributed by atoms with E-state index in [2.05, 4.69) is 78.6 Å². The Kier molecular flexibility index (Phi) is 7.05. The number of halogens is 1. The maximum Gasteiger partial charge on any atom is 0.0459 e. The molecule has 1 saturated carbocycles. The number of aryl methyl sites for hydroxylation is 1. The highest BCUT2D eigenvalue weighted by atomic mass is 35.5. The molecule has 0 radical (unpaired) electrons. The van der Waals surface area contributed by atoms with Crippen LogP contribution in [0.25, 0.3) is 10.9 Å². The summed E-state index contributed by atoms with van der Waals surface area (Å²) in [5.74, 6) is 0.567. The summed E-state index contributed by atoms with van der Waals surface area (Å²) in [6.07, 6.45) is 6.49. The number of benzene rings is 2. The summed E-state index contributed by atoms with van der Waals surface area (Å²) < 4.78 is 0. The molecular formula is C25H33ClN2O. The molecule has 0 unspecified atom stereocenters. The Morgan fingerprint density at radius 3 is 2.31 bits per heavy atom. The van der Waals surface area contributed by atoms with Gasteiger partial charge in [-0.2, -0.15) is 0 Å². The molecule has 3 aromatic rings. The number of fused-ring (bicyclic) bond motifs is 1. The molecule has 1 aliphatic carbocycles. The first-order valence-corrected chi connectivity index (χ1v) is 10.6. The number of nitrogens with one attached hydrogen (secondary N) is 1. The summed E-state index contributed by atoms with van der Waals surface area (Å²) in [6.45, 7) is 0.251. The molecule has 0 spiro atoms. The first-order valence-electron chi connectivity index (χ1n) is 10.6. The standard InChI is InChI=1S/C25H32N2O.ClH/c1-27(2)25(20-9-4-3-5-10-20)16-14-19(15-17-25)24-22(12-8-18-28)21-11-6-7-13-23(21)26-24;/h3-7,9-11,13,19,26,28H,8,12,14-18H2,1-2H3;1H. The maximum atomic E-state index is 9.38. The highest BCUT2D eigenvalue weighted by Crippen LogP contribution is 2.47. The van der Waals surface area contributed by atoms with Gasteiger partial charge >= 0.3 is 0 Å². The molecule has 4 rings (SSSR count). The molecular weight excluding hydrogens is 380 g/mol. The fraction of sp³-hybridized carbons (Fsp3) is 0.440. The van der Waals surface area contributed by atoms with Gasteiger partial charge in [0.05, 0.1) is 0 Å². The molecule has 1 aliphatic rings. The van der Waals surface area contributed by atoms with Gasteiger partial charge in [-0.15, -0.1) is 12.4 Å². The normalized spacial score (nSPS) is 22.0. The van der Waals surface area contributed by atoms with Gasteiger partial charge in [-0.25, -0.2) is 0 Å². The number of aliphatic hydroxyl groups excluding tert-OH is 1. The van der Waals surface area contributed by atoms with E-state index in [1.54, 1.807) is 0 Å². The van der Waals surface area contributed by atoms with Gasteiger partial charge in [-0.3, -0.25) is 4.90 Å². The lowest BCUT2D eigenvalue weighted by Gasteiger charge is -2.45. The van der Waals surface area contributed by atoms with E-state index >= 15 is 0 Å². The van der Waals surface area contributed by atoms with E-state index in [0.717, 1.165) is 12.8 Å². The van der Waals surface area contributed by atoms with Gasteiger partial charge in [-0.05, 0) is 75.7 Å². The van der Waals surface area contributed by atoms with Crippen LogP contribution in [0.15, 0.2) is 54.6 Å². The zero-order valence-corrected chi connectivity index (χ0v) is 18.3. The third-order valence-corrected chi connectivity index (χ3v) is 6.82. The van der Waals surface area contributed by atoms with E-state index in [9.17, 15) is 5.11 Å². The number of nitrogens with zero attached hydrogens (tertiary/aromatic N) is 1. The Morgan fingerprint density at radius 1 is 1.00 bits per heavy atom. The van der Waals surface area contributed by atoms with E-state index in [0.29, 0.717) is 5.92 Å². The van der Waals surface area contributed by atoms with Crippen LogP contribution in [0.4, 0.5) is 0 Å². The van der Waals surface area contributed by atoms with Crippen molar-refractivity contribution < 1.29 is 5.11 Å². The minimum atomic E-state index is 0. The average molecular weight is 413 g/mol. The lowest BCUT2D eigenvalue weighted by molar-refractivity contribution is 0.0903. The first-order chi connectivity index (χ1) is 13.7. The molecule has 3 nitrogen and oxygen atoms in total. The molecule has 0 bridgehead atoms. The lowest BCUT2D eigenvalue weighted by atomic mass is 9.70. The Labute approximate surface area is 180 Å². The highest BCUT2D eigenvalue weighted by Gasteiger charge is 2.39. The van der Waals surface area contributed by atoms with E-state index < -0.39 is 0 Å². The maximum absolute atomic E-state index is 9.38. The quantitative estimate of drug-likeness (QED) is 0.550. The smallest absolute Gasteiger partial charge is 0.0459 e. The second-order valence-electron chi connectivity index (χ2n) is 8.46. The van der Waals surface area contributed by atoms with Crippen LogP contribution < -0.4 is 0 Å². The van der Waals surface area contributed by atoms with Crippen molar-refractivity contribution >= 4 is 23.3 Å². The van der Waals surface area contributed by atoms with Gasteiger partial charge in [-0.1, -0.05) is 48.5 Å². The lowest BCUT2D eigenvalue weighted by Crippen LogP contribution is -2.44. The van der Waals surface area contributed by atoms with Crippen LogP contribution in [-0.4, -0.2) is 35.7 Å². The molecule has 156 valence electrons. The first kappa shape index (κ1) is 21.9. The zero-order chi connectivity index (χ0) is 19.6. The van der Waals surface area contributed by atoms with Crippen LogP contribution in [0.3, 0.4) is 0 Å². The molecule has 1 fully saturated rings. The van der Waals surface area contributed by atoms with Crippen molar-refractivity contribution in [3.63, 3.8) is 0 Å². The predicted molar refractivity (Wildman–Crippen MR) is 124 cm³/mol. The highest BCUT2D eigenvalue weighted by molar-refractivity contribution is 5.85. The largest absolute Gasteiger partial charge is 0.396 e. The zero-order valence-electron chi connectivity index (χ0n) is 17.5. The molecule has 29 heavy (non-hydrogen) atoms. The van der Waals surface area contributed by atoms with Crippen LogP contribution in [0.2, 0.25) is 0 Å². The molecule has 2 aromatic carbocycles. The van der Waals surface area contributed by atoms with Gasteiger partial charge < -0.3 is 10.1 Å². The van der Waals surface area contributed by atoms with Crippen LogP contribution in [-0.2, 0) is 12.0 Å². The fourth-order valence-electron chi connectivity index (χ4n) is 5.22. The summed E-state index contributed by atoms with van der Waals surface area (Å²) in [7, 11) is 4.45. The Balaban J connectivity index is 0.00000240. The number of aromatic nitrogens is 1. The van der Waals surface area contributed by atoms with Crippen LogP contribution in [0.5, 0.6) is 0 Å². The van der Waals surface area contributed by atoms with Crippen LogP contribution >= 0.6 is 12.4 Å². The van der Waals surface area contributed by atoms with E-state index in [-0.39, 0.29) is 24.6 Å². The summed E-state index contributed by atoms with van der Waals surface area (Å²) in [4.78, 5) is 6.17. The average Bonchev–Trinajstić information content (AvgIpc) is 3.11. The molecule has 1 heterocycles. The Hall–Kier alpha value is -1.81. The van der Waals surface area contributed by atoms with Crippen molar-refractivity contribution in [1.82, 2.24) is 9.88 Å². The summed E-state index contributed by atoms with van der Waals surface area (Å²) in [5.41, 5.74) is 5.64. The second kappa shape index (κ2) is 9.34. The topological polar surface area (TPSA) is 39.3 Å². The molecule has 2 N–H and O–H groups in total. The third kappa shape index (κ3) is 4.09. The van der Waals surface area contributed by atoms with Crippen LogP contribution in [0, 0.1) is 0 Å². The minimum absolute atomic E-state index is 0. The molecule has 1 aromatic heterocycles.